The van der Waals surface area contributed by atoms with E-state index in [2.05, 4.69) is 23.6 Å². The zero-order valence-corrected chi connectivity index (χ0v) is 21.4. The van der Waals surface area contributed by atoms with Crippen molar-refractivity contribution in [1.82, 2.24) is 15.7 Å². The maximum Gasteiger partial charge on any atom is 0.288 e. The molecule has 3 amide bonds. The van der Waals surface area contributed by atoms with Crippen LogP contribution in [-0.2, 0) is 21.0 Å². The molecule has 0 bridgehead atoms. The number of nitrogens with one attached hydrogen (secondary N) is 2. The minimum Gasteiger partial charge on any atom is -0.451 e. The molecule has 0 aliphatic rings. The fraction of sp³-hybridized carbons (Fsp3) is 0.310. The Morgan fingerprint density at radius 2 is 1.89 bits per heavy atom. The van der Waals surface area contributed by atoms with Gasteiger partial charge < -0.3 is 15.1 Å². The van der Waals surface area contributed by atoms with Crippen LogP contribution in [0.4, 0.5) is 0 Å². The largest absolute Gasteiger partial charge is 0.451 e. The standard InChI is InChI=1S/C29H32N4O5/c1-2-3-5-12-25(18-33(21-34)37-19-22-9-6-4-7-10-22)28(35)31-20-32-29(36)27-15-14-26(38-27)24-13-8-11-23(16-24)17-30/h4,6-11,13-16,21,25H,2-3,5,12,18-20H2,1H3,(H,31,35)(H,32,36)/t25-/m1/s1. The predicted molar refractivity (Wildman–Crippen MR) is 141 cm³/mol. The van der Waals surface area contributed by atoms with E-state index in [1.807, 2.05) is 30.3 Å². The summed E-state index contributed by atoms with van der Waals surface area (Å²) >= 11 is 0. The van der Waals surface area contributed by atoms with Crippen molar-refractivity contribution in [2.75, 3.05) is 13.2 Å². The van der Waals surface area contributed by atoms with Crippen molar-refractivity contribution < 1.29 is 23.6 Å². The van der Waals surface area contributed by atoms with Gasteiger partial charge in [-0.05, 0) is 36.2 Å². The van der Waals surface area contributed by atoms with Crippen LogP contribution >= 0.6 is 0 Å². The Balaban J connectivity index is 1.53. The zero-order chi connectivity index (χ0) is 27.2. The van der Waals surface area contributed by atoms with Crippen LogP contribution in [0.15, 0.2) is 71.1 Å². The molecule has 0 saturated carbocycles. The van der Waals surface area contributed by atoms with Gasteiger partial charge in [0.25, 0.3) is 5.91 Å². The molecule has 38 heavy (non-hydrogen) atoms. The molecule has 0 spiro atoms. The summed E-state index contributed by atoms with van der Waals surface area (Å²) < 4.78 is 5.64. The third-order valence-corrected chi connectivity index (χ3v) is 5.90. The number of hydrogen-bond donors (Lipinski definition) is 2. The van der Waals surface area contributed by atoms with E-state index in [9.17, 15) is 14.4 Å². The molecule has 1 atom stereocenters. The Bertz CT molecular complexity index is 1240. The summed E-state index contributed by atoms with van der Waals surface area (Å²) in [5.41, 5.74) is 2.08. The van der Waals surface area contributed by atoms with Crippen LogP contribution in [0.2, 0.25) is 0 Å². The molecular weight excluding hydrogens is 484 g/mol. The van der Waals surface area contributed by atoms with E-state index >= 15 is 0 Å². The second-order valence-corrected chi connectivity index (χ2v) is 8.74. The number of furan rings is 1. The molecule has 1 aromatic heterocycles. The van der Waals surface area contributed by atoms with Gasteiger partial charge in [0.2, 0.25) is 12.3 Å². The number of hydroxylamine groups is 2. The number of carbonyl (C=O) groups is 3. The molecule has 9 nitrogen and oxygen atoms in total. The second kappa shape index (κ2) is 15.0. The number of carbonyl (C=O) groups excluding carboxylic acids is 3. The first-order chi connectivity index (χ1) is 18.5. The highest BCUT2D eigenvalue weighted by Crippen LogP contribution is 2.23. The highest BCUT2D eigenvalue weighted by atomic mass is 16.7. The molecule has 0 unspecified atom stereocenters. The fourth-order valence-corrected chi connectivity index (χ4v) is 3.82. The van der Waals surface area contributed by atoms with Crippen molar-refractivity contribution in [3.05, 3.63) is 83.6 Å². The quantitative estimate of drug-likeness (QED) is 0.133. The summed E-state index contributed by atoms with van der Waals surface area (Å²) in [5.74, 6) is -0.738. The molecular formula is C29H32N4O5. The Kier molecular flexibility index (Phi) is 11.1. The van der Waals surface area contributed by atoms with Gasteiger partial charge >= 0.3 is 0 Å². The van der Waals surface area contributed by atoms with Gasteiger partial charge in [0.1, 0.15) is 12.4 Å². The number of hydrogen-bond acceptors (Lipinski definition) is 6. The van der Waals surface area contributed by atoms with Gasteiger partial charge in [-0.15, -0.1) is 0 Å². The van der Waals surface area contributed by atoms with Crippen molar-refractivity contribution in [2.24, 2.45) is 5.92 Å². The highest BCUT2D eigenvalue weighted by Gasteiger charge is 2.22. The summed E-state index contributed by atoms with van der Waals surface area (Å²) in [7, 11) is 0. The summed E-state index contributed by atoms with van der Waals surface area (Å²) in [4.78, 5) is 42.7. The van der Waals surface area contributed by atoms with Crippen molar-refractivity contribution in [3.63, 3.8) is 0 Å². The monoisotopic (exact) mass is 516 g/mol. The molecule has 0 fully saturated rings. The molecule has 3 rings (SSSR count). The summed E-state index contributed by atoms with van der Waals surface area (Å²) in [5, 5.41) is 15.6. The molecule has 1 heterocycles. The lowest BCUT2D eigenvalue weighted by Gasteiger charge is -2.23. The zero-order valence-electron chi connectivity index (χ0n) is 21.4. The van der Waals surface area contributed by atoms with E-state index in [0.717, 1.165) is 29.9 Å². The second-order valence-electron chi connectivity index (χ2n) is 8.74. The van der Waals surface area contributed by atoms with Gasteiger partial charge in [0.15, 0.2) is 5.76 Å². The molecule has 198 valence electrons. The molecule has 2 aromatic carbocycles. The van der Waals surface area contributed by atoms with Crippen molar-refractivity contribution in [3.8, 4) is 17.4 Å². The van der Waals surface area contributed by atoms with Gasteiger partial charge in [0, 0.05) is 5.56 Å². The minimum absolute atomic E-state index is 0.0811. The van der Waals surface area contributed by atoms with Crippen LogP contribution in [0.5, 0.6) is 0 Å². The van der Waals surface area contributed by atoms with Gasteiger partial charge in [0.05, 0.1) is 30.8 Å². The number of unbranched alkanes of at least 4 members (excludes halogenated alkanes) is 2. The first kappa shape index (κ1) is 28.2. The van der Waals surface area contributed by atoms with Crippen molar-refractivity contribution in [1.29, 1.82) is 5.26 Å². The van der Waals surface area contributed by atoms with E-state index in [-0.39, 0.29) is 31.5 Å². The lowest BCUT2D eigenvalue weighted by molar-refractivity contribution is -0.182. The molecule has 3 aromatic rings. The highest BCUT2D eigenvalue weighted by molar-refractivity contribution is 5.92. The lowest BCUT2D eigenvalue weighted by atomic mass is 10.0. The van der Waals surface area contributed by atoms with Crippen LogP contribution in [0, 0.1) is 17.2 Å². The molecule has 0 aliphatic carbocycles. The van der Waals surface area contributed by atoms with E-state index in [4.69, 9.17) is 14.5 Å². The van der Waals surface area contributed by atoms with Gasteiger partial charge in [-0.3, -0.25) is 19.2 Å². The lowest BCUT2D eigenvalue weighted by Crippen LogP contribution is -2.43. The maximum atomic E-state index is 12.9. The topological polar surface area (TPSA) is 125 Å². The fourth-order valence-electron chi connectivity index (χ4n) is 3.82. The van der Waals surface area contributed by atoms with Crippen molar-refractivity contribution in [2.45, 2.75) is 39.2 Å². The van der Waals surface area contributed by atoms with Crippen LogP contribution in [0.3, 0.4) is 0 Å². The Morgan fingerprint density at radius 3 is 2.63 bits per heavy atom. The minimum atomic E-state index is -0.498. The summed E-state index contributed by atoms with van der Waals surface area (Å²) in [6, 6.07) is 21.6. The van der Waals surface area contributed by atoms with Gasteiger partial charge in [-0.1, -0.05) is 68.7 Å². The summed E-state index contributed by atoms with van der Waals surface area (Å²) in [6.45, 7) is 2.29. The smallest absolute Gasteiger partial charge is 0.288 e. The molecule has 2 N–H and O–H groups in total. The van der Waals surface area contributed by atoms with Crippen LogP contribution in [-0.4, -0.2) is 36.5 Å². The Labute approximate surface area is 222 Å². The number of benzene rings is 2. The van der Waals surface area contributed by atoms with Gasteiger partial charge in [-0.25, -0.2) is 5.06 Å². The summed E-state index contributed by atoms with van der Waals surface area (Å²) in [6.07, 6.45) is 3.94. The molecule has 9 heteroatoms. The van der Waals surface area contributed by atoms with E-state index in [0.29, 0.717) is 29.7 Å². The number of nitriles is 1. The van der Waals surface area contributed by atoms with Crippen molar-refractivity contribution >= 4 is 18.2 Å². The predicted octanol–water partition coefficient (Wildman–Crippen LogP) is 4.41. The Morgan fingerprint density at radius 1 is 1.08 bits per heavy atom. The van der Waals surface area contributed by atoms with Gasteiger partial charge in [-0.2, -0.15) is 5.26 Å². The first-order valence-corrected chi connectivity index (χ1v) is 12.6. The number of rotatable bonds is 15. The third-order valence-electron chi connectivity index (χ3n) is 5.90. The number of amides is 3. The first-order valence-electron chi connectivity index (χ1n) is 12.6. The van der Waals surface area contributed by atoms with E-state index in [1.54, 1.807) is 30.3 Å². The normalized spacial score (nSPS) is 11.3. The van der Waals surface area contributed by atoms with Crippen LogP contribution < -0.4 is 10.6 Å². The maximum absolute atomic E-state index is 12.9. The average Bonchev–Trinajstić information content (AvgIpc) is 3.45. The average molecular weight is 517 g/mol. The molecule has 0 aliphatic heterocycles. The Hall–Kier alpha value is -4.42. The molecule has 0 saturated heterocycles. The van der Waals surface area contributed by atoms with E-state index < -0.39 is 11.8 Å². The molecule has 0 radical (unpaired) electrons. The van der Waals surface area contributed by atoms with E-state index in [1.165, 1.54) is 6.07 Å². The van der Waals surface area contributed by atoms with Crippen LogP contribution in [0.1, 0.15) is 54.3 Å². The number of nitrogens with zero attached hydrogens (tertiary/aromatic N) is 2. The SMILES string of the molecule is CCCCC[C@H](CN(C=O)OCc1ccccc1)C(=O)NCNC(=O)c1ccc(-c2cccc(C#N)c2)o1. The van der Waals surface area contributed by atoms with Crippen LogP contribution in [0.25, 0.3) is 11.3 Å². The third kappa shape index (κ3) is 8.61.